The normalized spacial score (nSPS) is 12.1. The Bertz CT molecular complexity index is 1380. The van der Waals surface area contributed by atoms with Gasteiger partial charge in [0.05, 0.1) is 16.3 Å². The summed E-state index contributed by atoms with van der Waals surface area (Å²) < 4.78 is 19.8. The monoisotopic (exact) mass is 617 g/mol. The van der Waals surface area contributed by atoms with Crippen molar-refractivity contribution in [1.82, 2.24) is 15.0 Å². The van der Waals surface area contributed by atoms with Gasteiger partial charge in [0.25, 0.3) is 0 Å². The molecule has 0 bridgehead atoms. The van der Waals surface area contributed by atoms with E-state index in [2.05, 4.69) is 39.8 Å². The molecule has 0 amide bonds. The van der Waals surface area contributed by atoms with Crippen LogP contribution in [0.15, 0.2) is 57.9 Å². The molecule has 0 aliphatic heterocycles. The van der Waals surface area contributed by atoms with E-state index in [0.29, 0.717) is 17.0 Å². The first kappa shape index (κ1) is 27.1. The summed E-state index contributed by atoms with van der Waals surface area (Å²) in [6.07, 6.45) is 6.09. The fourth-order valence-electron chi connectivity index (χ4n) is 4.15. The van der Waals surface area contributed by atoms with E-state index in [4.69, 9.17) is 13.9 Å². The molecule has 1 unspecified atom stereocenters. The topological polar surface area (TPSA) is 99.6 Å². The van der Waals surface area contributed by atoms with Gasteiger partial charge in [0.2, 0.25) is 0 Å². The summed E-state index contributed by atoms with van der Waals surface area (Å²) >= 11 is 2.22. The van der Waals surface area contributed by atoms with Gasteiger partial charge in [0, 0.05) is 17.0 Å². The lowest BCUT2D eigenvalue weighted by atomic mass is 10.0. The highest BCUT2D eigenvalue weighted by atomic mass is 127. The van der Waals surface area contributed by atoms with Gasteiger partial charge in [-0.15, -0.1) is 5.10 Å². The molecule has 8 nitrogen and oxygen atoms in total. The van der Waals surface area contributed by atoms with Crippen LogP contribution in [0.25, 0.3) is 11.0 Å². The van der Waals surface area contributed by atoms with E-state index in [9.17, 15) is 9.90 Å². The molecule has 0 saturated carbocycles. The Balaban J connectivity index is 1.31. The molecule has 0 fully saturated rings. The predicted molar refractivity (Wildman–Crippen MR) is 150 cm³/mol. The van der Waals surface area contributed by atoms with Crippen LogP contribution in [0, 0.1) is 10.5 Å². The predicted octanol–water partition coefficient (Wildman–Crippen LogP) is 5.44. The number of hydrogen-bond donors (Lipinski definition) is 1. The lowest BCUT2D eigenvalue weighted by Crippen LogP contribution is -2.24. The SMILES string of the molecule is CCCCCCc1c(C)c2ccc(OCC(O)Cn3cc(COc4ccccc4I)nn3)cc2oc1=O. The van der Waals surface area contributed by atoms with E-state index in [1.807, 2.05) is 43.3 Å². The first-order valence-corrected chi connectivity index (χ1v) is 13.7. The first-order chi connectivity index (χ1) is 17.9. The quantitative estimate of drug-likeness (QED) is 0.121. The highest BCUT2D eigenvalue weighted by Gasteiger charge is 2.14. The summed E-state index contributed by atoms with van der Waals surface area (Å²) in [7, 11) is 0. The summed E-state index contributed by atoms with van der Waals surface area (Å²) in [6, 6.07) is 13.2. The number of unbranched alkanes of at least 4 members (excludes halogenated alkanes) is 3. The van der Waals surface area contributed by atoms with Gasteiger partial charge in [-0.3, -0.25) is 0 Å². The summed E-state index contributed by atoms with van der Waals surface area (Å²) in [5.41, 5.74) is 2.58. The summed E-state index contributed by atoms with van der Waals surface area (Å²) in [4.78, 5) is 12.6. The molecule has 2 aromatic heterocycles. The summed E-state index contributed by atoms with van der Waals surface area (Å²) in [5.74, 6) is 1.31. The third-order valence-electron chi connectivity index (χ3n) is 6.18. The standard InChI is InChI=1S/C28H32IN3O5/c1-3-4-5-6-9-24-19(2)23-13-12-22(14-27(23)37-28(24)34)35-18-21(33)16-32-15-20(30-31-32)17-36-26-11-8-7-10-25(26)29/h7-8,10-15,21,33H,3-6,9,16-18H2,1-2H3. The van der Waals surface area contributed by atoms with Gasteiger partial charge in [0.15, 0.2) is 0 Å². The van der Waals surface area contributed by atoms with Crippen molar-refractivity contribution < 1.29 is 19.0 Å². The van der Waals surface area contributed by atoms with E-state index in [0.717, 1.165) is 51.5 Å². The number of nitrogens with zero attached hydrogens (tertiary/aromatic N) is 3. The van der Waals surface area contributed by atoms with Gasteiger partial charge >= 0.3 is 5.63 Å². The highest BCUT2D eigenvalue weighted by molar-refractivity contribution is 14.1. The van der Waals surface area contributed by atoms with Crippen LogP contribution in [-0.4, -0.2) is 32.8 Å². The Morgan fingerprint density at radius 3 is 2.78 bits per heavy atom. The second-order valence-electron chi connectivity index (χ2n) is 9.08. The Kier molecular flexibility index (Phi) is 9.56. The van der Waals surface area contributed by atoms with Gasteiger partial charge in [-0.1, -0.05) is 43.5 Å². The van der Waals surface area contributed by atoms with Gasteiger partial charge in [-0.2, -0.15) is 0 Å². The zero-order chi connectivity index (χ0) is 26.2. The third-order valence-corrected chi connectivity index (χ3v) is 7.07. The van der Waals surface area contributed by atoms with Crippen LogP contribution >= 0.6 is 22.6 Å². The van der Waals surface area contributed by atoms with Crippen LogP contribution < -0.4 is 15.1 Å². The Morgan fingerprint density at radius 2 is 1.97 bits per heavy atom. The van der Waals surface area contributed by atoms with Gasteiger partial charge in [-0.25, -0.2) is 9.48 Å². The molecule has 9 heteroatoms. The molecule has 0 spiro atoms. The molecule has 37 heavy (non-hydrogen) atoms. The molecule has 0 saturated heterocycles. The number of ether oxygens (including phenoxy) is 2. The number of aromatic nitrogens is 3. The Hall–Kier alpha value is -2.92. The summed E-state index contributed by atoms with van der Waals surface area (Å²) in [5, 5.41) is 19.5. The fourth-order valence-corrected chi connectivity index (χ4v) is 4.69. The lowest BCUT2D eigenvalue weighted by molar-refractivity contribution is 0.0888. The number of para-hydroxylation sites is 1. The van der Waals surface area contributed by atoms with Gasteiger partial charge < -0.3 is 19.0 Å². The average molecular weight is 617 g/mol. The van der Waals surface area contributed by atoms with Crippen molar-refractivity contribution in [3.05, 3.63) is 79.5 Å². The number of hydrogen-bond acceptors (Lipinski definition) is 7. The lowest BCUT2D eigenvalue weighted by Gasteiger charge is -2.13. The van der Waals surface area contributed by atoms with Crippen LogP contribution in [0.3, 0.4) is 0 Å². The van der Waals surface area contributed by atoms with Crippen LogP contribution in [0.1, 0.15) is 49.4 Å². The molecule has 4 aromatic rings. The van der Waals surface area contributed by atoms with Crippen molar-refractivity contribution in [3.63, 3.8) is 0 Å². The Labute approximate surface area is 229 Å². The number of rotatable bonds is 13. The minimum absolute atomic E-state index is 0.0537. The zero-order valence-electron chi connectivity index (χ0n) is 21.2. The van der Waals surface area contributed by atoms with E-state index < -0.39 is 6.10 Å². The van der Waals surface area contributed by atoms with E-state index in [-0.39, 0.29) is 25.4 Å². The molecule has 196 valence electrons. The maximum Gasteiger partial charge on any atom is 0.339 e. The molecule has 0 aliphatic rings. The molecule has 0 aliphatic carbocycles. The zero-order valence-corrected chi connectivity index (χ0v) is 23.3. The molecule has 4 rings (SSSR count). The first-order valence-electron chi connectivity index (χ1n) is 12.6. The fraction of sp³-hybridized carbons (Fsp3) is 0.393. The van der Waals surface area contributed by atoms with Crippen molar-refractivity contribution in [2.75, 3.05) is 6.61 Å². The second kappa shape index (κ2) is 13.0. The maximum absolute atomic E-state index is 12.6. The van der Waals surface area contributed by atoms with E-state index in [1.165, 1.54) is 6.42 Å². The molecule has 1 N–H and O–H groups in total. The molecule has 2 aromatic carbocycles. The molecule has 0 radical (unpaired) electrons. The maximum atomic E-state index is 12.6. The second-order valence-corrected chi connectivity index (χ2v) is 10.2. The van der Waals surface area contributed by atoms with Gasteiger partial charge in [-0.05, 0) is 72.2 Å². The van der Waals surface area contributed by atoms with Crippen LogP contribution in [0.2, 0.25) is 0 Å². The molecular weight excluding hydrogens is 585 g/mol. The summed E-state index contributed by atoms with van der Waals surface area (Å²) in [6.45, 7) is 4.70. The highest BCUT2D eigenvalue weighted by Crippen LogP contribution is 2.25. The number of aryl methyl sites for hydroxylation is 1. The molecule has 2 heterocycles. The number of fused-ring (bicyclic) bond motifs is 1. The van der Waals surface area contributed by atoms with Crippen molar-refractivity contribution in [2.24, 2.45) is 0 Å². The average Bonchev–Trinajstić information content (AvgIpc) is 3.33. The molecular formula is C28H32IN3O5. The Morgan fingerprint density at radius 1 is 1.14 bits per heavy atom. The van der Waals surface area contributed by atoms with Crippen LogP contribution in [0.4, 0.5) is 0 Å². The van der Waals surface area contributed by atoms with E-state index in [1.54, 1.807) is 16.9 Å². The minimum Gasteiger partial charge on any atom is -0.491 e. The van der Waals surface area contributed by atoms with Crippen molar-refractivity contribution in [2.45, 2.75) is 65.2 Å². The number of aliphatic hydroxyl groups excluding tert-OH is 1. The van der Waals surface area contributed by atoms with Crippen molar-refractivity contribution in [1.29, 1.82) is 0 Å². The number of benzene rings is 2. The largest absolute Gasteiger partial charge is 0.491 e. The van der Waals surface area contributed by atoms with Crippen LogP contribution in [0.5, 0.6) is 11.5 Å². The smallest absolute Gasteiger partial charge is 0.339 e. The van der Waals surface area contributed by atoms with Crippen molar-refractivity contribution in [3.8, 4) is 11.5 Å². The molecule has 1 atom stereocenters. The minimum atomic E-state index is -0.805. The van der Waals surface area contributed by atoms with Crippen LogP contribution in [-0.2, 0) is 19.6 Å². The van der Waals surface area contributed by atoms with Gasteiger partial charge in [0.1, 0.15) is 42.1 Å². The number of aliphatic hydroxyl groups is 1. The third kappa shape index (κ3) is 7.32. The van der Waals surface area contributed by atoms with E-state index >= 15 is 0 Å². The van der Waals surface area contributed by atoms with Crippen molar-refractivity contribution >= 4 is 33.6 Å². The number of halogens is 1.